The topological polar surface area (TPSA) is 60.5 Å². The minimum Gasteiger partial charge on any atom is -0.493 e. The molecule has 5 nitrogen and oxygen atoms in total. The highest BCUT2D eigenvalue weighted by atomic mass is 32.1. The number of ether oxygens (including phenoxy) is 2. The van der Waals surface area contributed by atoms with Crippen LogP contribution in [0.4, 0.5) is 5.13 Å². The molecule has 2 heterocycles. The van der Waals surface area contributed by atoms with Crippen LogP contribution < -0.4 is 14.8 Å². The number of anilines is 1. The van der Waals surface area contributed by atoms with Gasteiger partial charge in [0.15, 0.2) is 16.6 Å². The summed E-state index contributed by atoms with van der Waals surface area (Å²) in [4.78, 5) is 17.1. The quantitative estimate of drug-likeness (QED) is 0.562. The molecule has 0 saturated heterocycles. The minimum absolute atomic E-state index is 0.157. The van der Waals surface area contributed by atoms with E-state index in [0.29, 0.717) is 22.2 Å². The summed E-state index contributed by atoms with van der Waals surface area (Å²) >= 11 is 2.96. The smallest absolute Gasteiger partial charge is 0.258 e. The number of carbonyl (C=O) groups is 1. The third kappa shape index (κ3) is 2.81. The Morgan fingerprint density at radius 1 is 1.08 bits per heavy atom. The molecule has 2 aromatic carbocycles. The van der Waals surface area contributed by atoms with Gasteiger partial charge < -0.3 is 9.47 Å². The van der Waals surface area contributed by atoms with Crippen LogP contribution in [0.1, 0.15) is 10.4 Å². The van der Waals surface area contributed by atoms with Gasteiger partial charge in [-0.3, -0.25) is 10.1 Å². The first-order chi connectivity index (χ1) is 12.2. The van der Waals surface area contributed by atoms with Gasteiger partial charge in [-0.2, -0.15) is 0 Å². The van der Waals surface area contributed by atoms with Crippen LogP contribution in [-0.4, -0.2) is 25.1 Å². The number of nitrogens with one attached hydrogen (secondary N) is 1. The molecule has 0 fully saturated rings. The molecule has 0 saturated carbocycles. The van der Waals surface area contributed by atoms with Crippen LogP contribution in [0.5, 0.6) is 11.5 Å². The van der Waals surface area contributed by atoms with Crippen LogP contribution in [0.25, 0.3) is 20.3 Å². The number of benzene rings is 2. The highest BCUT2D eigenvalue weighted by molar-refractivity contribution is 7.22. The van der Waals surface area contributed by atoms with Gasteiger partial charge in [-0.1, -0.05) is 29.5 Å². The van der Waals surface area contributed by atoms with E-state index in [0.717, 1.165) is 20.3 Å². The second-order valence-electron chi connectivity index (χ2n) is 5.29. The van der Waals surface area contributed by atoms with E-state index in [1.165, 1.54) is 11.3 Å². The molecule has 0 aliphatic heterocycles. The summed E-state index contributed by atoms with van der Waals surface area (Å²) in [6.45, 7) is 0. The number of rotatable bonds is 4. The minimum atomic E-state index is -0.157. The molecular formula is C18H14N2O3S2. The van der Waals surface area contributed by atoms with Crippen LogP contribution in [0.2, 0.25) is 0 Å². The van der Waals surface area contributed by atoms with Gasteiger partial charge in [0.2, 0.25) is 0 Å². The van der Waals surface area contributed by atoms with Crippen molar-refractivity contribution in [3.8, 4) is 11.5 Å². The molecular weight excluding hydrogens is 356 g/mol. The second kappa shape index (κ2) is 6.34. The van der Waals surface area contributed by atoms with Crippen molar-refractivity contribution < 1.29 is 14.3 Å². The highest BCUT2D eigenvalue weighted by Crippen LogP contribution is 2.36. The van der Waals surface area contributed by atoms with Crippen molar-refractivity contribution in [1.29, 1.82) is 0 Å². The third-order valence-electron chi connectivity index (χ3n) is 3.84. The number of aromatic nitrogens is 1. The van der Waals surface area contributed by atoms with Crippen LogP contribution >= 0.6 is 22.7 Å². The highest BCUT2D eigenvalue weighted by Gasteiger charge is 2.15. The van der Waals surface area contributed by atoms with E-state index in [2.05, 4.69) is 10.3 Å². The van der Waals surface area contributed by atoms with Crippen LogP contribution in [0, 0.1) is 0 Å². The lowest BCUT2D eigenvalue weighted by Gasteiger charge is -2.05. The largest absolute Gasteiger partial charge is 0.493 e. The first-order valence-electron chi connectivity index (χ1n) is 7.49. The van der Waals surface area contributed by atoms with Gasteiger partial charge in [-0.05, 0) is 6.07 Å². The average Bonchev–Trinajstić information content (AvgIpc) is 3.23. The Balaban J connectivity index is 1.67. The van der Waals surface area contributed by atoms with E-state index >= 15 is 0 Å². The van der Waals surface area contributed by atoms with Gasteiger partial charge >= 0.3 is 0 Å². The predicted octanol–water partition coefficient (Wildman–Crippen LogP) is 4.78. The molecule has 25 heavy (non-hydrogen) atoms. The molecule has 7 heteroatoms. The molecule has 0 atom stereocenters. The lowest BCUT2D eigenvalue weighted by Crippen LogP contribution is -2.10. The summed E-state index contributed by atoms with van der Waals surface area (Å²) in [5.41, 5.74) is 1.42. The fourth-order valence-corrected chi connectivity index (χ4v) is 4.44. The lowest BCUT2D eigenvalue weighted by molar-refractivity contribution is 0.102. The number of carbonyl (C=O) groups excluding carboxylic acids is 1. The Kier molecular flexibility index (Phi) is 4.03. The molecule has 1 amide bonds. The van der Waals surface area contributed by atoms with Crippen molar-refractivity contribution in [2.24, 2.45) is 0 Å². The van der Waals surface area contributed by atoms with Crippen LogP contribution in [0.15, 0.2) is 41.8 Å². The van der Waals surface area contributed by atoms with Crippen LogP contribution in [-0.2, 0) is 0 Å². The maximum Gasteiger partial charge on any atom is 0.258 e. The summed E-state index contributed by atoms with van der Waals surface area (Å²) in [6, 6.07) is 11.5. The van der Waals surface area contributed by atoms with Crippen molar-refractivity contribution in [2.75, 3.05) is 19.5 Å². The number of thiazole rings is 1. The molecule has 0 spiro atoms. The first-order valence-corrected chi connectivity index (χ1v) is 9.19. The molecule has 0 unspecified atom stereocenters. The van der Waals surface area contributed by atoms with E-state index in [1.54, 1.807) is 31.6 Å². The molecule has 126 valence electrons. The van der Waals surface area contributed by atoms with Gasteiger partial charge in [0, 0.05) is 27.6 Å². The predicted molar refractivity (Wildman–Crippen MR) is 103 cm³/mol. The van der Waals surface area contributed by atoms with Gasteiger partial charge in [0.25, 0.3) is 5.91 Å². The summed E-state index contributed by atoms with van der Waals surface area (Å²) in [5, 5.41) is 6.27. The molecule has 2 aromatic heterocycles. The molecule has 4 aromatic rings. The number of thiophene rings is 1. The first kappa shape index (κ1) is 15.9. The molecule has 1 N–H and O–H groups in total. The SMILES string of the molecule is COc1cc2nc(NC(=O)c3csc4ccccc34)sc2cc1OC. The Labute approximate surface area is 151 Å². The van der Waals surface area contributed by atoms with E-state index in [4.69, 9.17) is 9.47 Å². The van der Waals surface area contributed by atoms with Crippen molar-refractivity contribution in [1.82, 2.24) is 4.98 Å². The second-order valence-corrected chi connectivity index (χ2v) is 7.24. The molecule has 0 bridgehead atoms. The maximum absolute atomic E-state index is 12.6. The Morgan fingerprint density at radius 3 is 2.64 bits per heavy atom. The number of fused-ring (bicyclic) bond motifs is 2. The average molecular weight is 370 g/mol. The van der Waals surface area contributed by atoms with Gasteiger partial charge in [0.05, 0.1) is 30.0 Å². The summed E-state index contributed by atoms with van der Waals surface area (Å²) in [6.07, 6.45) is 0. The number of hydrogen-bond acceptors (Lipinski definition) is 6. The van der Waals surface area contributed by atoms with E-state index in [9.17, 15) is 4.79 Å². The Bertz CT molecular complexity index is 1040. The molecule has 0 radical (unpaired) electrons. The van der Waals surface area contributed by atoms with E-state index in [1.807, 2.05) is 35.7 Å². The fraction of sp³-hybridized carbons (Fsp3) is 0.111. The zero-order chi connectivity index (χ0) is 17.4. The molecule has 4 rings (SSSR count). The van der Waals surface area contributed by atoms with Crippen molar-refractivity contribution in [3.05, 3.63) is 47.3 Å². The molecule has 0 aliphatic rings. The Morgan fingerprint density at radius 2 is 1.84 bits per heavy atom. The van der Waals surface area contributed by atoms with E-state index < -0.39 is 0 Å². The van der Waals surface area contributed by atoms with Crippen molar-refractivity contribution in [3.63, 3.8) is 0 Å². The number of nitrogens with zero attached hydrogens (tertiary/aromatic N) is 1. The van der Waals surface area contributed by atoms with Crippen molar-refractivity contribution >= 4 is 54.0 Å². The standard InChI is InChI=1S/C18H14N2O3S2/c1-22-13-7-12-16(8-14(13)23-2)25-18(19-12)20-17(21)11-9-24-15-6-4-3-5-10(11)15/h3-9H,1-2H3,(H,19,20,21). The zero-order valence-corrected chi connectivity index (χ0v) is 15.2. The summed E-state index contributed by atoms with van der Waals surface area (Å²) in [5.74, 6) is 1.10. The normalized spacial score (nSPS) is 11.0. The molecule has 0 aliphatic carbocycles. The van der Waals surface area contributed by atoms with Gasteiger partial charge in [-0.15, -0.1) is 11.3 Å². The Hall–Kier alpha value is -2.64. The number of hydrogen-bond donors (Lipinski definition) is 1. The fourth-order valence-electron chi connectivity index (χ4n) is 2.63. The number of methoxy groups -OCH3 is 2. The van der Waals surface area contributed by atoms with E-state index in [-0.39, 0.29) is 5.91 Å². The third-order valence-corrected chi connectivity index (χ3v) is 5.74. The summed E-state index contributed by atoms with van der Waals surface area (Å²) < 4.78 is 12.6. The van der Waals surface area contributed by atoms with Crippen LogP contribution in [0.3, 0.4) is 0 Å². The van der Waals surface area contributed by atoms with Gasteiger partial charge in [-0.25, -0.2) is 4.98 Å². The number of amides is 1. The monoisotopic (exact) mass is 370 g/mol. The maximum atomic E-state index is 12.6. The summed E-state index contributed by atoms with van der Waals surface area (Å²) in [7, 11) is 3.18. The van der Waals surface area contributed by atoms with Crippen molar-refractivity contribution in [2.45, 2.75) is 0 Å². The zero-order valence-electron chi connectivity index (χ0n) is 13.5. The van der Waals surface area contributed by atoms with Gasteiger partial charge in [0.1, 0.15) is 0 Å². The lowest BCUT2D eigenvalue weighted by atomic mass is 10.2.